The van der Waals surface area contributed by atoms with Gasteiger partial charge in [0.2, 0.25) is 0 Å². The van der Waals surface area contributed by atoms with Crippen LogP contribution in [0.1, 0.15) is 24.0 Å². The minimum Gasteiger partial charge on any atom is -0.497 e. The lowest BCUT2D eigenvalue weighted by Gasteiger charge is -2.47. The van der Waals surface area contributed by atoms with Gasteiger partial charge >= 0.3 is 0 Å². The number of ether oxygens (including phenoxy) is 3. The van der Waals surface area contributed by atoms with Gasteiger partial charge < -0.3 is 14.2 Å². The first kappa shape index (κ1) is 20.3. The molecule has 0 radical (unpaired) electrons. The molecule has 1 unspecified atom stereocenters. The van der Waals surface area contributed by atoms with Crippen molar-refractivity contribution in [2.75, 3.05) is 33.4 Å². The topological polar surface area (TPSA) is 30.9 Å². The smallest absolute Gasteiger partial charge is 0.131 e. The molecule has 0 saturated carbocycles. The van der Waals surface area contributed by atoms with Crippen LogP contribution in [0.4, 0.5) is 8.78 Å². The van der Waals surface area contributed by atoms with Crippen LogP contribution in [0.15, 0.2) is 42.5 Å². The van der Waals surface area contributed by atoms with Gasteiger partial charge in [0.05, 0.1) is 25.9 Å². The molecule has 1 spiro atoms. The van der Waals surface area contributed by atoms with Gasteiger partial charge in [-0.05, 0) is 42.5 Å². The van der Waals surface area contributed by atoms with Crippen molar-refractivity contribution in [3.05, 3.63) is 65.2 Å². The third-order valence-corrected chi connectivity index (χ3v) is 5.79. The van der Waals surface area contributed by atoms with Crippen molar-refractivity contribution in [1.29, 1.82) is 0 Å². The summed E-state index contributed by atoms with van der Waals surface area (Å²) < 4.78 is 44.2. The summed E-state index contributed by atoms with van der Waals surface area (Å²) in [4.78, 5) is 2.22. The number of benzene rings is 2. The molecule has 156 valence electrons. The van der Waals surface area contributed by atoms with Gasteiger partial charge in [-0.3, -0.25) is 4.90 Å². The number of rotatable bonds is 8. The van der Waals surface area contributed by atoms with E-state index in [1.165, 1.54) is 25.3 Å². The zero-order valence-electron chi connectivity index (χ0n) is 16.7. The monoisotopic (exact) mass is 403 g/mol. The maximum atomic E-state index is 14.1. The Morgan fingerprint density at radius 2 is 2.03 bits per heavy atom. The molecule has 0 amide bonds. The number of nitrogens with zero attached hydrogens (tertiary/aromatic N) is 1. The molecular weight excluding hydrogens is 376 g/mol. The van der Waals surface area contributed by atoms with Gasteiger partial charge in [0.1, 0.15) is 17.4 Å². The molecule has 2 aromatic carbocycles. The van der Waals surface area contributed by atoms with Crippen molar-refractivity contribution < 1.29 is 23.0 Å². The van der Waals surface area contributed by atoms with Crippen LogP contribution >= 0.6 is 0 Å². The summed E-state index contributed by atoms with van der Waals surface area (Å²) in [6.45, 7) is 4.06. The highest BCUT2D eigenvalue weighted by atomic mass is 19.1. The van der Waals surface area contributed by atoms with Crippen LogP contribution < -0.4 is 4.74 Å². The third-order valence-electron chi connectivity index (χ3n) is 5.79. The van der Waals surface area contributed by atoms with Gasteiger partial charge in [0.25, 0.3) is 0 Å². The summed E-state index contributed by atoms with van der Waals surface area (Å²) >= 11 is 0. The van der Waals surface area contributed by atoms with Crippen molar-refractivity contribution in [3.8, 4) is 5.75 Å². The van der Waals surface area contributed by atoms with Crippen molar-refractivity contribution in [2.24, 2.45) is 5.92 Å². The lowest BCUT2D eigenvalue weighted by Crippen LogP contribution is -2.60. The van der Waals surface area contributed by atoms with Gasteiger partial charge in [-0.2, -0.15) is 0 Å². The van der Waals surface area contributed by atoms with E-state index < -0.39 is 0 Å². The molecule has 2 aliphatic rings. The van der Waals surface area contributed by atoms with Crippen LogP contribution in [0, 0.1) is 17.6 Å². The Morgan fingerprint density at radius 1 is 1.17 bits per heavy atom. The summed E-state index contributed by atoms with van der Waals surface area (Å²) in [5.74, 6) is 0.544. The van der Waals surface area contributed by atoms with Crippen LogP contribution in [-0.4, -0.2) is 43.9 Å². The number of likely N-dealkylation sites (tertiary alicyclic amines) is 1. The standard InChI is InChI=1S/C23H27F2NO3/c1-27-21-6-5-19(22(25)10-21)12-26-15-23(16-26)11-18(14-29-23)7-8-28-13-17-3-2-4-20(24)9-17/h2-6,9-10,18H,7-8,11-16H2,1H3. The summed E-state index contributed by atoms with van der Waals surface area (Å²) in [7, 11) is 1.54. The maximum Gasteiger partial charge on any atom is 0.131 e. The molecule has 2 fully saturated rings. The summed E-state index contributed by atoms with van der Waals surface area (Å²) in [6.07, 6.45) is 1.95. The van der Waals surface area contributed by atoms with E-state index in [0.29, 0.717) is 37.0 Å². The average molecular weight is 403 g/mol. The van der Waals surface area contributed by atoms with E-state index in [9.17, 15) is 8.78 Å². The highest BCUT2D eigenvalue weighted by molar-refractivity contribution is 5.29. The molecule has 0 aliphatic carbocycles. The van der Waals surface area contributed by atoms with Crippen LogP contribution in [-0.2, 0) is 22.6 Å². The average Bonchev–Trinajstić information content (AvgIpc) is 3.11. The van der Waals surface area contributed by atoms with E-state index in [0.717, 1.165) is 38.1 Å². The highest BCUT2D eigenvalue weighted by Gasteiger charge is 2.49. The van der Waals surface area contributed by atoms with E-state index in [-0.39, 0.29) is 17.2 Å². The van der Waals surface area contributed by atoms with Crippen LogP contribution in [0.2, 0.25) is 0 Å². The molecule has 4 rings (SSSR count). The highest BCUT2D eigenvalue weighted by Crippen LogP contribution is 2.39. The Kier molecular flexibility index (Phi) is 6.13. The first-order valence-electron chi connectivity index (χ1n) is 10.1. The van der Waals surface area contributed by atoms with Crippen LogP contribution in [0.3, 0.4) is 0 Å². The summed E-state index contributed by atoms with van der Waals surface area (Å²) in [5.41, 5.74) is 1.45. The van der Waals surface area contributed by atoms with Gasteiger partial charge in [-0.1, -0.05) is 18.2 Å². The Bertz CT molecular complexity index is 839. The van der Waals surface area contributed by atoms with E-state index in [2.05, 4.69) is 4.90 Å². The molecular formula is C23H27F2NO3. The lowest BCUT2D eigenvalue weighted by atomic mass is 9.86. The number of halogens is 2. The predicted octanol–water partition coefficient (Wildman–Crippen LogP) is 4.17. The first-order chi connectivity index (χ1) is 14.0. The molecule has 1 atom stereocenters. The fourth-order valence-electron chi connectivity index (χ4n) is 4.32. The van der Waals surface area contributed by atoms with Crippen molar-refractivity contribution in [2.45, 2.75) is 31.6 Å². The van der Waals surface area contributed by atoms with Crippen LogP contribution in [0.5, 0.6) is 5.75 Å². The van der Waals surface area contributed by atoms with Gasteiger partial charge in [-0.15, -0.1) is 0 Å². The quantitative estimate of drug-likeness (QED) is 0.619. The second-order valence-corrected chi connectivity index (χ2v) is 8.14. The summed E-state index contributed by atoms with van der Waals surface area (Å²) in [5, 5.41) is 0. The minimum atomic E-state index is -0.235. The van der Waals surface area contributed by atoms with E-state index in [4.69, 9.17) is 14.2 Å². The maximum absolute atomic E-state index is 14.1. The van der Waals surface area contributed by atoms with E-state index in [1.54, 1.807) is 18.2 Å². The van der Waals surface area contributed by atoms with Gasteiger partial charge in [-0.25, -0.2) is 8.78 Å². The van der Waals surface area contributed by atoms with Gasteiger partial charge in [0.15, 0.2) is 0 Å². The Labute approximate surface area is 170 Å². The third kappa shape index (κ3) is 4.94. The molecule has 0 bridgehead atoms. The van der Waals surface area contributed by atoms with Crippen LogP contribution in [0.25, 0.3) is 0 Å². The molecule has 2 aromatic rings. The minimum absolute atomic E-state index is 0.0871. The second-order valence-electron chi connectivity index (χ2n) is 8.14. The second kappa shape index (κ2) is 8.78. The molecule has 2 aliphatic heterocycles. The molecule has 0 aromatic heterocycles. The summed E-state index contributed by atoms with van der Waals surface area (Å²) in [6, 6.07) is 11.5. The van der Waals surface area contributed by atoms with E-state index >= 15 is 0 Å². The molecule has 6 heteroatoms. The number of methoxy groups -OCH3 is 1. The van der Waals surface area contributed by atoms with Crippen molar-refractivity contribution >= 4 is 0 Å². The molecule has 2 saturated heterocycles. The Hall–Kier alpha value is -2.02. The normalized spacial score (nSPS) is 20.7. The van der Waals surface area contributed by atoms with E-state index in [1.807, 2.05) is 6.07 Å². The molecule has 2 heterocycles. The molecule has 29 heavy (non-hydrogen) atoms. The van der Waals surface area contributed by atoms with Gasteiger partial charge in [0, 0.05) is 37.9 Å². The number of hydrogen-bond donors (Lipinski definition) is 0. The molecule has 0 N–H and O–H groups in total. The Balaban J connectivity index is 1.17. The lowest BCUT2D eigenvalue weighted by molar-refractivity contribution is -0.114. The Morgan fingerprint density at radius 3 is 2.79 bits per heavy atom. The predicted molar refractivity (Wildman–Crippen MR) is 106 cm³/mol. The molecule has 4 nitrogen and oxygen atoms in total. The van der Waals surface area contributed by atoms with Crippen molar-refractivity contribution in [3.63, 3.8) is 0 Å². The van der Waals surface area contributed by atoms with Crippen molar-refractivity contribution in [1.82, 2.24) is 4.90 Å². The fourth-order valence-corrected chi connectivity index (χ4v) is 4.32. The largest absolute Gasteiger partial charge is 0.497 e. The SMILES string of the molecule is COc1ccc(CN2CC3(CC(CCOCc4cccc(F)c4)CO3)C2)c(F)c1. The first-order valence-corrected chi connectivity index (χ1v) is 10.1. The zero-order valence-corrected chi connectivity index (χ0v) is 16.7. The zero-order chi connectivity index (χ0) is 20.3. The fraction of sp³-hybridized carbons (Fsp3) is 0.478. The number of hydrogen-bond acceptors (Lipinski definition) is 4.